The molecule has 5 heteroatoms. The first-order chi connectivity index (χ1) is 10.5. The van der Waals surface area contributed by atoms with Gasteiger partial charge in [0.2, 0.25) is 0 Å². The molecule has 0 unspecified atom stereocenters. The number of ether oxygens (including phenoxy) is 1. The van der Waals surface area contributed by atoms with E-state index in [1.54, 1.807) is 13.4 Å². The van der Waals surface area contributed by atoms with Crippen LogP contribution in [0.25, 0.3) is 0 Å². The molecule has 3 nitrogen and oxygen atoms in total. The molecule has 2 aromatic rings. The van der Waals surface area contributed by atoms with E-state index in [-0.39, 0.29) is 0 Å². The zero-order valence-corrected chi connectivity index (χ0v) is 14.6. The molecule has 0 spiro atoms. The van der Waals surface area contributed by atoms with Gasteiger partial charge >= 0.3 is 0 Å². The Bertz CT molecular complexity index is 658. The second-order valence-electron chi connectivity index (χ2n) is 5.24. The normalized spacial score (nSPS) is 12.4. The van der Waals surface area contributed by atoms with Crippen LogP contribution in [0.1, 0.15) is 11.1 Å². The predicted molar refractivity (Wildman–Crippen MR) is 91.9 cm³/mol. The molecule has 0 aliphatic carbocycles. The fourth-order valence-corrected chi connectivity index (χ4v) is 3.07. The van der Waals surface area contributed by atoms with E-state index in [0.717, 1.165) is 23.5 Å². The molecular formula is C17H20ClNO2S. The standard InChI is InChI=1S/C17H20ClNO2S/c1-19(11-13-4-7-15(8-5-13)22(3)20)12-14-6-9-17(21-2)16(18)10-14/h4-10H,11-12H2,1-3H3/t22-/m0/s1. The molecule has 118 valence electrons. The Morgan fingerprint density at radius 2 is 1.68 bits per heavy atom. The minimum Gasteiger partial charge on any atom is -0.495 e. The van der Waals surface area contributed by atoms with Crippen molar-refractivity contribution in [3.05, 3.63) is 58.6 Å². The van der Waals surface area contributed by atoms with Crippen LogP contribution in [0, 0.1) is 0 Å². The number of halogens is 1. The lowest BCUT2D eigenvalue weighted by Crippen LogP contribution is -2.17. The summed E-state index contributed by atoms with van der Waals surface area (Å²) in [5.74, 6) is 0.691. The quantitative estimate of drug-likeness (QED) is 0.804. The van der Waals surface area contributed by atoms with Crippen LogP contribution in [-0.2, 0) is 23.9 Å². The molecular weight excluding hydrogens is 318 g/mol. The largest absolute Gasteiger partial charge is 0.495 e. The van der Waals surface area contributed by atoms with Gasteiger partial charge in [0.15, 0.2) is 0 Å². The second-order valence-corrected chi connectivity index (χ2v) is 7.03. The Morgan fingerprint density at radius 3 is 2.23 bits per heavy atom. The van der Waals surface area contributed by atoms with Crippen molar-refractivity contribution in [2.75, 3.05) is 20.4 Å². The summed E-state index contributed by atoms with van der Waals surface area (Å²) in [6.07, 6.45) is 1.69. The van der Waals surface area contributed by atoms with E-state index in [1.807, 2.05) is 42.5 Å². The molecule has 0 bridgehead atoms. The third kappa shape index (κ3) is 4.57. The van der Waals surface area contributed by atoms with Crippen LogP contribution in [0.3, 0.4) is 0 Å². The first-order valence-corrected chi connectivity index (χ1v) is 8.86. The summed E-state index contributed by atoms with van der Waals surface area (Å²) in [6, 6.07) is 13.7. The van der Waals surface area contributed by atoms with Gasteiger partial charge in [0.1, 0.15) is 5.75 Å². The van der Waals surface area contributed by atoms with Crippen molar-refractivity contribution in [2.45, 2.75) is 18.0 Å². The monoisotopic (exact) mass is 337 g/mol. The number of hydrogen-bond donors (Lipinski definition) is 0. The number of nitrogens with zero attached hydrogens (tertiary/aromatic N) is 1. The predicted octanol–water partition coefficient (Wildman–Crippen LogP) is 3.72. The molecule has 0 aliphatic rings. The molecule has 0 radical (unpaired) electrons. The minimum atomic E-state index is -0.927. The highest BCUT2D eigenvalue weighted by Gasteiger charge is 2.06. The van der Waals surface area contributed by atoms with Crippen LogP contribution in [0.2, 0.25) is 5.02 Å². The molecule has 0 amide bonds. The van der Waals surface area contributed by atoms with Crippen molar-refractivity contribution in [3.63, 3.8) is 0 Å². The van der Waals surface area contributed by atoms with E-state index in [9.17, 15) is 4.21 Å². The van der Waals surface area contributed by atoms with Crippen LogP contribution in [-0.4, -0.2) is 29.5 Å². The van der Waals surface area contributed by atoms with Crippen LogP contribution in [0.4, 0.5) is 0 Å². The lowest BCUT2D eigenvalue weighted by atomic mass is 10.1. The molecule has 22 heavy (non-hydrogen) atoms. The van der Waals surface area contributed by atoms with E-state index in [0.29, 0.717) is 10.8 Å². The zero-order valence-electron chi connectivity index (χ0n) is 13.0. The molecule has 0 heterocycles. The SMILES string of the molecule is COc1ccc(CN(C)Cc2ccc([S@](C)=O)cc2)cc1Cl. The van der Waals surface area contributed by atoms with Gasteiger partial charge in [0.25, 0.3) is 0 Å². The molecule has 2 aromatic carbocycles. The van der Waals surface area contributed by atoms with Crippen molar-refractivity contribution in [1.29, 1.82) is 0 Å². The highest BCUT2D eigenvalue weighted by Crippen LogP contribution is 2.25. The molecule has 2 rings (SSSR count). The maximum Gasteiger partial charge on any atom is 0.137 e. The molecule has 1 atom stereocenters. The lowest BCUT2D eigenvalue weighted by molar-refractivity contribution is 0.319. The second kappa shape index (κ2) is 7.77. The Morgan fingerprint density at radius 1 is 1.09 bits per heavy atom. The molecule has 0 fully saturated rings. The zero-order chi connectivity index (χ0) is 16.1. The minimum absolute atomic E-state index is 0.628. The van der Waals surface area contributed by atoms with Gasteiger partial charge in [-0.05, 0) is 42.4 Å². The van der Waals surface area contributed by atoms with Gasteiger partial charge in [-0.3, -0.25) is 9.11 Å². The fraction of sp³-hybridized carbons (Fsp3) is 0.294. The van der Waals surface area contributed by atoms with E-state index >= 15 is 0 Å². The van der Waals surface area contributed by atoms with Gasteiger partial charge in [0, 0.05) is 35.0 Å². The number of methoxy groups -OCH3 is 1. The molecule has 0 aromatic heterocycles. The lowest BCUT2D eigenvalue weighted by Gasteiger charge is -2.17. The van der Waals surface area contributed by atoms with Gasteiger partial charge in [-0.2, -0.15) is 0 Å². The van der Waals surface area contributed by atoms with Crippen molar-refractivity contribution >= 4 is 22.4 Å². The van der Waals surface area contributed by atoms with Crippen LogP contribution >= 0.6 is 11.6 Å². The third-order valence-corrected chi connectivity index (χ3v) is 4.61. The first kappa shape index (κ1) is 17.0. The van der Waals surface area contributed by atoms with Gasteiger partial charge < -0.3 is 4.74 Å². The smallest absolute Gasteiger partial charge is 0.137 e. The van der Waals surface area contributed by atoms with Gasteiger partial charge in [-0.15, -0.1) is 0 Å². The van der Waals surface area contributed by atoms with Gasteiger partial charge in [-0.1, -0.05) is 29.8 Å². The van der Waals surface area contributed by atoms with Crippen LogP contribution in [0.5, 0.6) is 5.75 Å². The number of hydrogen-bond acceptors (Lipinski definition) is 3. The topological polar surface area (TPSA) is 29.5 Å². The Kier molecular flexibility index (Phi) is 6.00. The van der Waals surface area contributed by atoms with Crippen molar-refractivity contribution in [2.24, 2.45) is 0 Å². The van der Waals surface area contributed by atoms with E-state index < -0.39 is 10.8 Å². The summed E-state index contributed by atoms with van der Waals surface area (Å²) in [5, 5.41) is 0.628. The van der Waals surface area contributed by atoms with Gasteiger partial charge in [-0.25, -0.2) is 0 Å². The average Bonchev–Trinajstić information content (AvgIpc) is 2.48. The van der Waals surface area contributed by atoms with Crippen molar-refractivity contribution < 1.29 is 8.95 Å². The summed E-state index contributed by atoms with van der Waals surface area (Å²) in [6.45, 7) is 1.62. The Labute approximate surface area is 139 Å². The molecule has 0 N–H and O–H groups in total. The summed E-state index contributed by atoms with van der Waals surface area (Å²) in [5.41, 5.74) is 2.33. The maximum absolute atomic E-state index is 11.4. The fourth-order valence-electron chi connectivity index (χ4n) is 2.27. The van der Waals surface area contributed by atoms with Gasteiger partial charge in [0.05, 0.1) is 12.1 Å². The molecule has 0 saturated carbocycles. The highest BCUT2D eigenvalue weighted by atomic mass is 35.5. The van der Waals surface area contributed by atoms with Crippen molar-refractivity contribution in [1.82, 2.24) is 4.90 Å². The molecule has 0 saturated heterocycles. The van der Waals surface area contributed by atoms with Crippen LogP contribution in [0.15, 0.2) is 47.4 Å². The van der Waals surface area contributed by atoms with Crippen molar-refractivity contribution in [3.8, 4) is 5.75 Å². The number of rotatable bonds is 6. The summed E-state index contributed by atoms with van der Waals surface area (Å²) in [4.78, 5) is 3.06. The Hall–Kier alpha value is -1.36. The maximum atomic E-state index is 11.4. The van der Waals surface area contributed by atoms with E-state index in [4.69, 9.17) is 16.3 Å². The summed E-state index contributed by atoms with van der Waals surface area (Å²) < 4.78 is 16.5. The van der Waals surface area contributed by atoms with E-state index in [2.05, 4.69) is 11.9 Å². The first-order valence-electron chi connectivity index (χ1n) is 6.93. The van der Waals surface area contributed by atoms with E-state index in [1.165, 1.54) is 5.56 Å². The van der Waals surface area contributed by atoms with Crippen LogP contribution < -0.4 is 4.74 Å². The molecule has 0 aliphatic heterocycles. The summed E-state index contributed by atoms with van der Waals surface area (Å²) in [7, 11) is 2.74. The average molecular weight is 338 g/mol. The Balaban J connectivity index is 1.99. The number of benzene rings is 2. The summed E-state index contributed by atoms with van der Waals surface area (Å²) >= 11 is 6.15. The third-order valence-electron chi connectivity index (χ3n) is 3.38. The highest BCUT2D eigenvalue weighted by molar-refractivity contribution is 7.84.